The van der Waals surface area contributed by atoms with E-state index in [9.17, 15) is 4.79 Å². The van der Waals surface area contributed by atoms with E-state index in [1.807, 2.05) is 6.07 Å². The van der Waals surface area contributed by atoms with E-state index in [4.69, 9.17) is 11.0 Å². The van der Waals surface area contributed by atoms with Gasteiger partial charge in [0.05, 0.1) is 5.69 Å². The molecule has 6 heteroatoms. The zero-order valence-electron chi connectivity index (χ0n) is 10.1. The van der Waals surface area contributed by atoms with Crippen LogP contribution in [0.2, 0.25) is 0 Å². The molecule has 0 radical (unpaired) electrons. The van der Waals surface area contributed by atoms with Gasteiger partial charge in [0.25, 0.3) is 0 Å². The Morgan fingerprint density at radius 2 is 2.24 bits per heavy atom. The first kappa shape index (κ1) is 12.8. The van der Waals surface area contributed by atoms with Crippen molar-refractivity contribution in [1.29, 1.82) is 5.26 Å². The Labute approximate surface area is 100 Å². The summed E-state index contributed by atoms with van der Waals surface area (Å²) in [4.78, 5) is 17.1. The summed E-state index contributed by atoms with van der Waals surface area (Å²) in [5, 5.41) is 11.7. The number of nitrogens with zero attached hydrogens (tertiary/aromatic N) is 3. The van der Waals surface area contributed by atoms with Gasteiger partial charge in [-0.2, -0.15) is 5.26 Å². The number of hydrogen-bond donors (Lipinski definition) is 2. The number of nitrogens with one attached hydrogen (secondary N) is 1. The number of pyridine rings is 1. The first-order valence-corrected chi connectivity index (χ1v) is 5.10. The van der Waals surface area contributed by atoms with E-state index < -0.39 is 6.04 Å². The van der Waals surface area contributed by atoms with Crippen LogP contribution in [0.5, 0.6) is 0 Å². The molecule has 17 heavy (non-hydrogen) atoms. The molecule has 1 heterocycles. The highest BCUT2D eigenvalue weighted by Gasteiger charge is 2.15. The number of likely N-dealkylation sites (N-methyl/N-ethyl adjacent to an activating group) is 1. The molecule has 1 amide bonds. The number of hydrogen-bond acceptors (Lipinski definition) is 5. The molecule has 0 fully saturated rings. The Bertz CT molecular complexity index is 463. The molecule has 0 spiro atoms. The second kappa shape index (κ2) is 5.16. The second-order valence-electron chi connectivity index (χ2n) is 3.84. The van der Waals surface area contributed by atoms with Crippen LogP contribution in [-0.4, -0.2) is 35.9 Å². The number of aromatic nitrogens is 1. The van der Waals surface area contributed by atoms with E-state index in [2.05, 4.69) is 10.3 Å². The minimum absolute atomic E-state index is 0.0675. The van der Waals surface area contributed by atoms with Gasteiger partial charge in [-0.05, 0) is 19.1 Å². The van der Waals surface area contributed by atoms with Crippen molar-refractivity contribution in [1.82, 2.24) is 9.88 Å². The molecule has 0 aromatic carbocycles. The number of rotatable bonds is 3. The van der Waals surface area contributed by atoms with E-state index >= 15 is 0 Å². The van der Waals surface area contributed by atoms with Crippen molar-refractivity contribution in [3.05, 3.63) is 17.8 Å². The lowest BCUT2D eigenvalue weighted by Crippen LogP contribution is -2.36. The van der Waals surface area contributed by atoms with Crippen molar-refractivity contribution in [3.8, 4) is 6.07 Å². The van der Waals surface area contributed by atoms with Gasteiger partial charge in [-0.3, -0.25) is 4.79 Å². The maximum absolute atomic E-state index is 11.6. The standard InChI is InChI=1S/C11H15N5O/c1-7(11(17)16(2)3)14-10-5-4-8(13)9(6-12)15-10/h4-5,7H,13H2,1-3H3,(H,14,15). The largest absolute Gasteiger partial charge is 0.396 e. The third kappa shape index (κ3) is 3.08. The van der Waals surface area contributed by atoms with E-state index in [1.54, 1.807) is 33.2 Å². The molecular formula is C11H15N5O. The van der Waals surface area contributed by atoms with Crippen molar-refractivity contribution in [2.75, 3.05) is 25.1 Å². The minimum atomic E-state index is -0.410. The molecule has 0 aliphatic heterocycles. The fourth-order valence-corrected chi connectivity index (χ4v) is 1.31. The summed E-state index contributed by atoms with van der Waals surface area (Å²) in [5.41, 5.74) is 6.03. The molecule has 1 atom stereocenters. The minimum Gasteiger partial charge on any atom is -0.396 e. The second-order valence-corrected chi connectivity index (χ2v) is 3.84. The summed E-state index contributed by atoms with van der Waals surface area (Å²) >= 11 is 0. The third-order valence-electron chi connectivity index (χ3n) is 2.21. The Kier molecular flexibility index (Phi) is 3.88. The van der Waals surface area contributed by atoms with Gasteiger partial charge in [-0.25, -0.2) is 4.98 Å². The summed E-state index contributed by atoms with van der Waals surface area (Å²) in [5.74, 6) is 0.389. The smallest absolute Gasteiger partial charge is 0.244 e. The van der Waals surface area contributed by atoms with Crippen LogP contribution in [0.3, 0.4) is 0 Å². The van der Waals surface area contributed by atoms with Crippen LogP contribution in [0.4, 0.5) is 11.5 Å². The van der Waals surface area contributed by atoms with Crippen LogP contribution in [0.25, 0.3) is 0 Å². The monoisotopic (exact) mass is 233 g/mol. The molecule has 90 valence electrons. The third-order valence-corrected chi connectivity index (χ3v) is 2.21. The van der Waals surface area contributed by atoms with Gasteiger partial charge in [0.15, 0.2) is 5.69 Å². The predicted octanol–water partition coefficient (Wildman–Crippen LogP) is 0.424. The number of carbonyl (C=O) groups excluding carboxylic acids is 1. The number of carbonyl (C=O) groups is 1. The van der Waals surface area contributed by atoms with Crippen LogP contribution in [0.15, 0.2) is 12.1 Å². The van der Waals surface area contributed by atoms with E-state index in [0.29, 0.717) is 11.5 Å². The summed E-state index contributed by atoms with van der Waals surface area (Å²) < 4.78 is 0. The average Bonchev–Trinajstić information content (AvgIpc) is 2.30. The molecule has 6 nitrogen and oxygen atoms in total. The van der Waals surface area contributed by atoms with Crippen LogP contribution >= 0.6 is 0 Å². The maximum Gasteiger partial charge on any atom is 0.244 e. The maximum atomic E-state index is 11.6. The van der Waals surface area contributed by atoms with Crippen LogP contribution in [0.1, 0.15) is 12.6 Å². The zero-order chi connectivity index (χ0) is 13.0. The molecule has 0 aliphatic rings. The SMILES string of the molecule is CC(Nc1ccc(N)c(C#N)n1)C(=O)N(C)C. The summed E-state index contributed by atoms with van der Waals surface area (Å²) in [6.07, 6.45) is 0. The Morgan fingerprint density at radius 3 is 2.76 bits per heavy atom. The Hall–Kier alpha value is -2.29. The van der Waals surface area contributed by atoms with Crippen LogP contribution < -0.4 is 11.1 Å². The van der Waals surface area contributed by atoms with Crippen molar-refractivity contribution >= 4 is 17.4 Å². The number of amides is 1. The molecule has 1 aromatic rings. The number of nitrogen functional groups attached to an aromatic ring is 1. The lowest BCUT2D eigenvalue weighted by atomic mass is 10.2. The van der Waals surface area contributed by atoms with E-state index in [0.717, 1.165) is 0 Å². The molecule has 0 aliphatic carbocycles. The van der Waals surface area contributed by atoms with Crippen LogP contribution in [-0.2, 0) is 4.79 Å². The predicted molar refractivity (Wildman–Crippen MR) is 65.1 cm³/mol. The average molecular weight is 233 g/mol. The quantitative estimate of drug-likeness (QED) is 0.789. The molecule has 0 saturated heterocycles. The van der Waals surface area contributed by atoms with E-state index in [-0.39, 0.29) is 11.6 Å². The van der Waals surface area contributed by atoms with Gasteiger partial charge >= 0.3 is 0 Å². The number of nitriles is 1. The molecule has 0 saturated carbocycles. The first-order chi connectivity index (χ1) is 7.95. The molecule has 1 unspecified atom stereocenters. The highest BCUT2D eigenvalue weighted by atomic mass is 16.2. The highest BCUT2D eigenvalue weighted by Crippen LogP contribution is 2.13. The zero-order valence-corrected chi connectivity index (χ0v) is 10.1. The fourth-order valence-electron chi connectivity index (χ4n) is 1.31. The fraction of sp³-hybridized carbons (Fsp3) is 0.364. The van der Waals surface area contributed by atoms with Gasteiger partial charge in [0, 0.05) is 14.1 Å². The van der Waals surface area contributed by atoms with Crippen molar-refractivity contribution < 1.29 is 4.79 Å². The molecule has 1 rings (SSSR count). The summed E-state index contributed by atoms with van der Waals surface area (Å²) in [7, 11) is 3.36. The highest BCUT2D eigenvalue weighted by molar-refractivity contribution is 5.83. The molecule has 0 bridgehead atoms. The van der Waals surface area contributed by atoms with Gasteiger partial charge < -0.3 is 16.0 Å². The number of anilines is 2. The molecule has 1 aromatic heterocycles. The normalized spacial score (nSPS) is 11.4. The van der Waals surface area contributed by atoms with Crippen molar-refractivity contribution in [3.63, 3.8) is 0 Å². The molecule has 3 N–H and O–H groups in total. The Morgan fingerprint density at radius 1 is 1.59 bits per heavy atom. The first-order valence-electron chi connectivity index (χ1n) is 5.10. The van der Waals surface area contributed by atoms with E-state index in [1.165, 1.54) is 4.90 Å². The topological polar surface area (TPSA) is 95.0 Å². The number of nitrogens with two attached hydrogens (primary N) is 1. The van der Waals surface area contributed by atoms with Gasteiger partial charge in [0.1, 0.15) is 17.9 Å². The van der Waals surface area contributed by atoms with Crippen molar-refractivity contribution in [2.45, 2.75) is 13.0 Å². The van der Waals surface area contributed by atoms with Gasteiger partial charge in [-0.15, -0.1) is 0 Å². The van der Waals surface area contributed by atoms with Crippen LogP contribution in [0, 0.1) is 11.3 Å². The van der Waals surface area contributed by atoms with Gasteiger partial charge in [0.2, 0.25) is 5.91 Å². The lowest BCUT2D eigenvalue weighted by Gasteiger charge is -2.18. The summed E-state index contributed by atoms with van der Waals surface area (Å²) in [6, 6.07) is 4.70. The Balaban J connectivity index is 2.83. The summed E-state index contributed by atoms with van der Waals surface area (Å²) in [6.45, 7) is 1.73. The van der Waals surface area contributed by atoms with Gasteiger partial charge in [-0.1, -0.05) is 0 Å². The lowest BCUT2D eigenvalue weighted by molar-refractivity contribution is -0.129. The molecular weight excluding hydrogens is 218 g/mol. The van der Waals surface area contributed by atoms with Crippen molar-refractivity contribution in [2.24, 2.45) is 0 Å².